The van der Waals surface area contributed by atoms with Crippen molar-refractivity contribution in [1.29, 1.82) is 0 Å². The molecule has 0 saturated carbocycles. The zero-order valence-corrected chi connectivity index (χ0v) is 13.7. The molecule has 2 aromatic rings. The van der Waals surface area contributed by atoms with E-state index >= 15 is 0 Å². The molecule has 120 valence electrons. The average Bonchev–Trinajstić information content (AvgIpc) is 3.17. The second kappa shape index (κ2) is 6.23. The van der Waals surface area contributed by atoms with Crippen molar-refractivity contribution in [2.75, 3.05) is 23.3 Å². The van der Waals surface area contributed by atoms with Gasteiger partial charge in [-0.3, -0.25) is 4.79 Å². The van der Waals surface area contributed by atoms with Gasteiger partial charge in [-0.15, -0.1) is 11.3 Å². The van der Waals surface area contributed by atoms with E-state index in [4.69, 9.17) is 0 Å². The second-order valence-corrected chi connectivity index (χ2v) is 7.15. The highest BCUT2D eigenvalue weighted by atomic mass is 32.1. The standard InChI is InChI=1S/C16H19N5OS/c22-14(20-16-19-12-5-1-6-13(12)23-16)11-4-2-9-21(10-11)15-17-7-3-8-18-15/h3,7-8,11H,1-2,4-6,9-10H2,(H,19,20,22)/t11-/m1/s1. The summed E-state index contributed by atoms with van der Waals surface area (Å²) in [6.45, 7) is 1.57. The molecular weight excluding hydrogens is 310 g/mol. The highest BCUT2D eigenvalue weighted by molar-refractivity contribution is 7.15. The van der Waals surface area contributed by atoms with E-state index in [0.29, 0.717) is 12.5 Å². The first-order valence-corrected chi connectivity index (χ1v) is 8.92. The van der Waals surface area contributed by atoms with Crippen LogP contribution in [0.15, 0.2) is 18.5 Å². The van der Waals surface area contributed by atoms with E-state index in [1.807, 2.05) is 0 Å². The smallest absolute Gasteiger partial charge is 0.231 e. The van der Waals surface area contributed by atoms with Gasteiger partial charge < -0.3 is 10.2 Å². The SMILES string of the molecule is O=C(Nc1nc2c(s1)CCC2)[C@@H]1CCCN(c2ncccn2)C1. The van der Waals surface area contributed by atoms with Crippen LogP contribution in [0.1, 0.15) is 29.8 Å². The van der Waals surface area contributed by atoms with Gasteiger partial charge in [0.05, 0.1) is 11.6 Å². The lowest BCUT2D eigenvalue weighted by atomic mass is 9.97. The van der Waals surface area contributed by atoms with E-state index in [1.54, 1.807) is 29.8 Å². The van der Waals surface area contributed by atoms with Crippen LogP contribution in [0.3, 0.4) is 0 Å². The Morgan fingerprint density at radius 2 is 2.13 bits per heavy atom. The minimum absolute atomic E-state index is 0.0358. The Balaban J connectivity index is 1.41. The van der Waals surface area contributed by atoms with Crippen molar-refractivity contribution >= 4 is 28.3 Å². The third kappa shape index (κ3) is 3.06. The minimum atomic E-state index is -0.0358. The van der Waals surface area contributed by atoms with Crippen molar-refractivity contribution in [2.45, 2.75) is 32.1 Å². The number of nitrogens with zero attached hydrogens (tertiary/aromatic N) is 4. The summed E-state index contributed by atoms with van der Waals surface area (Å²) in [6, 6.07) is 1.80. The molecule has 1 aliphatic heterocycles. The maximum Gasteiger partial charge on any atom is 0.231 e. The van der Waals surface area contributed by atoms with E-state index in [9.17, 15) is 4.79 Å². The molecule has 2 aromatic heterocycles. The quantitative estimate of drug-likeness (QED) is 0.935. The number of aryl methyl sites for hydroxylation is 2. The summed E-state index contributed by atoms with van der Waals surface area (Å²) in [4.78, 5) is 29.1. The molecule has 1 fully saturated rings. The summed E-state index contributed by atoms with van der Waals surface area (Å²) < 4.78 is 0. The molecule has 1 saturated heterocycles. The van der Waals surface area contributed by atoms with Crippen LogP contribution in [0.5, 0.6) is 0 Å². The molecule has 1 amide bonds. The lowest BCUT2D eigenvalue weighted by Gasteiger charge is -2.31. The summed E-state index contributed by atoms with van der Waals surface area (Å²) in [5.41, 5.74) is 1.17. The predicted octanol–water partition coefficient (Wildman–Crippen LogP) is 2.28. The largest absolute Gasteiger partial charge is 0.340 e. The monoisotopic (exact) mass is 329 g/mol. The molecule has 1 aliphatic carbocycles. The molecule has 23 heavy (non-hydrogen) atoms. The van der Waals surface area contributed by atoms with Gasteiger partial charge in [0.25, 0.3) is 0 Å². The fourth-order valence-corrected chi connectivity index (χ4v) is 4.33. The van der Waals surface area contributed by atoms with Crippen LogP contribution in [0.25, 0.3) is 0 Å². The Labute approximate surface area is 139 Å². The minimum Gasteiger partial charge on any atom is -0.340 e. The number of piperidine rings is 1. The number of carbonyl (C=O) groups is 1. The fourth-order valence-electron chi connectivity index (χ4n) is 3.28. The Kier molecular flexibility index (Phi) is 3.95. The molecule has 0 radical (unpaired) electrons. The highest BCUT2D eigenvalue weighted by Gasteiger charge is 2.28. The lowest BCUT2D eigenvalue weighted by molar-refractivity contribution is -0.120. The summed E-state index contributed by atoms with van der Waals surface area (Å²) in [6.07, 6.45) is 8.70. The van der Waals surface area contributed by atoms with Gasteiger partial charge in [-0.2, -0.15) is 0 Å². The number of rotatable bonds is 3. The number of nitrogens with one attached hydrogen (secondary N) is 1. The molecule has 4 rings (SSSR count). The normalized spacial score (nSPS) is 20.3. The van der Waals surface area contributed by atoms with Crippen molar-refractivity contribution in [2.24, 2.45) is 5.92 Å². The van der Waals surface area contributed by atoms with Gasteiger partial charge in [0, 0.05) is 30.4 Å². The average molecular weight is 329 g/mol. The van der Waals surface area contributed by atoms with Crippen LogP contribution in [-0.2, 0) is 17.6 Å². The molecule has 0 bridgehead atoms. The number of hydrogen-bond donors (Lipinski definition) is 1. The van der Waals surface area contributed by atoms with Crippen LogP contribution in [0, 0.1) is 5.92 Å². The number of hydrogen-bond acceptors (Lipinski definition) is 6. The predicted molar refractivity (Wildman–Crippen MR) is 89.7 cm³/mol. The van der Waals surface area contributed by atoms with Gasteiger partial charge in [-0.1, -0.05) is 0 Å². The number of thiazole rings is 1. The summed E-state index contributed by atoms with van der Waals surface area (Å²) in [5, 5.41) is 3.77. The molecule has 7 heteroatoms. The van der Waals surface area contributed by atoms with Crippen molar-refractivity contribution < 1.29 is 4.79 Å². The van der Waals surface area contributed by atoms with Crippen LogP contribution < -0.4 is 10.2 Å². The fraction of sp³-hybridized carbons (Fsp3) is 0.500. The highest BCUT2D eigenvalue weighted by Crippen LogP contribution is 2.31. The second-order valence-electron chi connectivity index (χ2n) is 6.07. The molecule has 1 N–H and O–H groups in total. The maximum atomic E-state index is 12.6. The molecular formula is C16H19N5OS. The molecule has 0 aromatic carbocycles. The molecule has 3 heterocycles. The number of amides is 1. The van der Waals surface area contributed by atoms with E-state index < -0.39 is 0 Å². The number of fused-ring (bicyclic) bond motifs is 1. The zero-order chi connectivity index (χ0) is 15.6. The Hall–Kier alpha value is -2.02. The number of anilines is 2. The van der Waals surface area contributed by atoms with E-state index in [2.05, 4.69) is 25.2 Å². The van der Waals surface area contributed by atoms with Gasteiger partial charge in [0.15, 0.2) is 5.13 Å². The van der Waals surface area contributed by atoms with Gasteiger partial charge in [0.2, 0.25) is 11.9 Å². The van der Waals surface area contributed by atoms with Gasteiger partial charge in [0.1, 0.15) is 0 Å². The number of carbonyl (C=O) groups excluding carboxylic acids is 1. The first-order chi connectivity index (χ1) is 11.3. The summed E-state index contributed by atoms with van der Waals surface area (Å²) in [5.74, 6) is 0.738. The third-order valence-electron chi connectivity index (χ3n) is 4.45. The molecule has 0 spiro atoms. The van der Waals surface area contributed by atoms with Gasteiger partial charge >= 0.3 is 0 Å². The summed E-state index contributed by atoms with van der Waals surface area (Å²) in [7, 11) is 0. The lowest BCUT2D eigenvalue weighted by Crippen LogP contribution is -2.41. The van der Waals surface area contributed by atoms with Gasteiger partial charge in [-0.05, 0) is 38.2 Å². The van der Waals surface area contributed by atoms with E-state index in [-0.39, 0.29) is 11.8 Å². The molecule has 2 aliphatic rings. The van der Waals surface area contributed by atoms with E-state index in [0.717, 1.165) is 37.4 Å². The Morgan fingerprint density at radius 1 is 1.26 bits per heavy atom. The van der Waals surface area contributed by atoms with Crippen molar-refractivity contribution in [3.8, 4) is 0 Å². The van der Waals surface area contributed by atoms with E-state index in [1.165, 1.54) is 17.0 Å². The third-order valence-corrected chi connectivity index (χ3v) is 5.53. The van der Waals surface area contributed by atoms with Crippen LogP contribution in [0.4, 0.5) is 11.1 Å². The van der Waals surface area contributed by atoms with Crippen LogP contribution in [0.2, 0.25) is 0 Å². The van der Waals surface area contributed by atoms with Crippen LogP contribution >= 0.6 is 11.3 Å². The first kappa shape index (κ1) is 14.6. The maximum absolute atomic E-state index is 12.6. The zero-order valence-electron chi connectivity index (χ0n) is 12.9. The van der Waals surface area contributed by atoms with Crippen molar-refractivity contribution in [1.82, 2.24) is 15.0 Å². The van der Waals surface area contributed by atoms with Crippen molar-refractivity contribution in [3.63, 3.8) is 0 Å². The van der Waals surface area contributed by atoms with Crippen molar-refractivity contribution in [3.05, 3.63) is 29.0 Å². The Bertz CT molecular complexity index is 680. The number of aromatic nitrogens is 3. The molecule has 6 nitrogen and oxygen atoms in total. The molecule has 0 unspecified atom stereocenters. The molecule has 1 atom stereocenters. The first-order valence-electron chi connectivity index (χ1n) is 8.11. The summed E-state index contributed by atoms with van der Waals surface area (Å²) >= 11 is 1.63. The Morgan fingerprint density at radius 3 is 2.96 bits per heavy atom. The topological polar surface area (TPSA) is 71.0 Å². The van der Waals surface area contributed by atoms with Crippen LogP contribution in [-0.4, -0.2) is 33.9 Å². The van der Waals surface area contributed by atoms with Gasteiger partial charge in [-0.25, -0.2) is 15.0 Å².